The number of aryl methyl sites for hydroxylation is 1. The van der Waals surface area contributed by atoms with E-state index in [0.717, 1.165) is 17.0 Å². The molecule has 16 heavy (non-hydrogen) atoms. The second kappa shape index (κ2) is 3.79. The van der Waals surface area contributed by atoms with Gasteiger partial charge in [0.05, 0.1) is 4.90 Å². The summed E-state index contributed by atoms with van der Waals surface area (Å²) in [7, 11) is -3.11. The fraction of sp³-hybridized carbons (Fsp3) is 0.167. The van der Waals surface area contributed by atoms with E-state index in [9.17, 15) is 8.42 Å². The van der Waals surface area contributed by atoms with Crippen LogP contribution in [0, 0.1) is 6.92 Å². The van der Waals surface area contributed by atoms with Crippen LogP contribution in [0.2, 0.25) is 0 Å². The summed E-state index contributed by atoms with van der Waals surface area (Å²) < 4.78 is 22.6. The number of aromatic nitrogens is 1. The third kappa shape index (κ3) is 2.17. The molecule has 0 bridgehead atoms. The molecule has 84 valence electrons. The van der Waals surface area contributed by atoms with E-state index < -0.39 is 9.84 Å². The number of aromatic amines is 1. The molecule has 0 fully saturated rings. The van der Waals surface area contributed by atoms with Crippen LogP contribution < -0.4 is 0 Å². The first-order valence-electron chi connectivity index (χ1n) is 4.93. The lowest BCUT2D eigenvalue weighted by Crippen LogP contribution is -1.96. The molecule has 4 heteroatoms. The van der Waals surface area contributed by atoms with E-state index >= 15 is 0 Å². The van der Waals surface area contributed by atoms with Crippen LogP contribution in [0.5, 0.6) is 0 Å². The molecule has 0 saturated carbocycles. The Morgan fingerprint density at radius 1 is 1.00 bits per heavy atom. The molecule has 2 aromatic rings. The van der Waals surface area contributed by atoms with Crippen molar-refractivity contribution in [3.63, 3.8) is 0 Å². The van der Waals surface area contributed by atoms with Crippen LogP contribution in [0.15, 0.2) is 41.3 Å². The highest BCUT2D eigenvalue weighted by Gasteiger charge is 2.07. The van der Waals surface area contributed by atoms with Crippen molar-refractivity contribution in [2.45, 2.75) is 11.8 Å². The summed E-state index contributed by atoms with van der Waals surface area (Å²) in [6.07, 6.45) is 1.21. The SMILES string of the molecule is Cc1ccc(-c2ccc(S(C)(=O)=O)cc2)[nH]1. The van der Waals surface area contributed by atoms with Gasteiger partial charge in [-0.25, -0.2) is 8.42 Å². The highest BCUT2D eigenvalue weighted by Crippen LogP contribution is 2.20. The molecule has 0 amide bonds. The summed E-state index contributed by atoms with van der Waals surface area (Å²) in [6, 6.07) is 10.8. The van der Waals surface area contributed by atoms with Gasteiger partial charge in [-0.15, -0.1) is 0 Å². The summed E-state index contributed by atoms with van der Waals surface area (Å²) in [6.45, 7) is 1.98. The van der Waals surface area contributed by atoms with Crippen molar-refractivity contribution in [2.75, 3.05) is 6.26 Å². The molecule has 0 radical (unpaired) electrons. The molecule has 0 atom stereocenters. The Morgan fingerprint density at radius 3 is 2.06 bits per heavy atom. The Kier molecular flexibility index (Phi) is 2.59. The average molecular weight is 235 g/mol. The third-order valence-corrected chi connectivity index (χ3v) is 3.55. The minimum Gasteiger partial charge on any atom is -0.359 e. The van der Waals surface area contributed by atoms with E-state index in [-0.39, 0.29) is 0 Å². The Hall–Kier alpha value is -1.55. The van der Waals surface area contributed by atoms with Gasteiger partial charge in [-0.2, -0.15) is 0 Å². The predicted octanol–water partition coefficient (Wildman–Crippen LogP) is 2.39. The second-order valence-electron chi connectivity index (χ2n) is 3.85. The number of H-pyrrole nitrogens is 1. The van der Waals surface area contributed by atoms with Gasteiger partial charge in [-0.1, -0.05) is 12.1 Å². The number of nitrogens with one attached hydrogen (secondary N) is 1. The summed E-state index contributed by atoms with van der Waals surface area (Å²) in [5.74, 6) is 0. The summed E-state index contributed by atoms with van der Waals surface area (Å²) in [4.78, 5) is 3.55. The Labute approximate surface area is 95.1 Å². The van der Waals surface area contributed by atoms with E-state index in [1.165, 1.54) is 6.26 Å². The van der Waals surface area contributed by atoms with Crippen molar-refractivity contribution in [2.24, 2.45) is 0 Å². The maximum absolute atomic E-state index is 11.3. The van der Waals surface area contributed by atoms with E-state index in [0.29, 0.717) is 4.90 Å². The highest BCUT2D eigenvalue weighted by molar-refractivity contribution is 7.90. The minimum atomic E-state index is -3.11. The molecule has 0 aliphatic rings. The van der Waals surface area contributed by atoms with Crippen LogP contribution in [0.3, 0.4) is 0 Å². The summed E-state index contributed by atoms with van der Waals surface area (Å²) in [5, 5.41) is 0. The van der Waals surface area contributed by atoms with Crippen molar-refractivity contribution < 1.29 is 8.42 Å². The molecule has 3 nitrogen and oxygen atoms in total. The molecule has 2 rings (SSSR count). The van der Waals surface area contributed by atoms with Gasteiger partial charge in [-0.05, 0) is 36.8 Å². The third-order valence-electron chi connectivity index (χ3n) is 2.43. The zero-order chi connectivity index (χ0) is 11.8. The molecule has 0 unspecified atom stereocenters. The quantitative estimate of drug-likeness (QED) is 0.869. The smallest absolute Gasteiger partial charge is 0.175 e. The molecule has 0 saturated heterocycles. The maximum Gasteiger partial charge on any atom is 0.175 e. The van der Waals surface area contributed by atoms with Crippen LogP contribution in [0.1, 0.15) is 5.69 Å². The number of hydrogen-bond acceptors (Lipinski definition) is 2. The number of hydrogen-bond donors (Lipinski definition) is 1. The number of benzene rings is 1. The second-order valence-corrected chi connectivity index (χ2v) is 5.87. The number of rotatable bonds is 2. The number of sulfone groups is 1. The molecule has 0 spiro atoms. The predicted molar refractivity (Wildman–Crippen MR) is 64.1 cm³/mol. The van der Waals surface area contributed by atoms with Crippen LogP contribution >= 0.6 is 0 Å². The van der Waals surface area contributed by atoms with Crippen molar-refractivity contribution >= 4 is 9.84 Å². The van der Waals surface area contributed by atoms with Crippen molar-refractivity contribution in [1.82, 2.24) is 4.98 Å². The largest absolute Gasteiger partial charge is 0.359 e. The van der Waals surface area contributed by atoms with Gasteiger partial charge in [-0.3, -0.25) is 0 Å². The van der Waals surface area contributed by atoms with Gasteiger partial charge in [0.2, 0.25) is 0 Å². The van der Waals surface area contributed by atoms with Crippen molar-refractivity contribution in [3.8, 4) is 11.3 Å². The summed E-state index contributed by atoms with van der Waals surface area (Å²) >= 11 is 0. The lowest BCUT2D eigenvalue weighted by atomic mass is 10.2. The summed E-state index contributed by atoms with van der Waals surface area (Å²) in [5.41, 5.74) is 3.07. The van der Waals surface area contributed by atoms with Crippen molar-refractivity contribution in [3.05, 3.63) is 42.1 Å². The monoisotopic (exact) mass is 235 g/mol. The highest BCUT2D eigenvalue weighted by atomic mass is 32.2. The molecular formula is C12H13NO2S. The first-order chi connectivity index (χ1) is 7.47. The van der Waals surface area contributed by atoms with Gasteiger partial charge in [0.15, 0.2) is 9.84 Å². The van der Waals surface area contributed by atoms with Gasteiger partial charge >= 0.3 is 0 Å². The minimum absolute atomic E-state index is 0.347. The molecule has 1 N–H and O–H groups in total. The van der Waals surface area contributed by atoms with Crippen LogP contribution in [-0.2, 0) is 9.84 Å². The lowest BCUT2D eigenvalue weighted by molar-refractivity contribution is 0.602. The Balaban J connectivity index is 2.40. The van der Waals surface area contributed by atoms with Gasteiger partial charge in [0.1, 0.15) is 0 Å². The first kappa shape index (κ1) is 11.0. The normalized spacial score (nSPS) is 11.6. The fourth-order valence-corrected chi connectivity index (χ4v) is 2.18. The van der Waals surface area contributed by atoms with Gasteiger partial charge in [0.25, 0.3) is 0 Å². The molecule has 1 aromatic carbocycles. The lowest BCUT2D eigenvalue weighted by Gasteiger charge is -2.01. The van der Waals surface area contributed by atoms with Crippen LogP contribution in [0.4, 0.5) is 0 Å². The molecule has 1 aromatic heterocycles. The standard InChI is InChI=1S/C12H13NO2S/c1-9-3-8-12(13-9)10-4-6-11(7-5-10)16(2,14)15/h3-8,13H,1-2H3. The molecule has 0 aliphatic carbocycles. The first-order valence-corrected chi connectivity index (χ1v) is 6.82. The van der Waals surface area contributed by atoms with E-state index in [1.54, 1.807) is 12.1 Å². The van der Waals surface area contributed by atoms with Gasteiger partial charge in [0, 0.05) is 17.6 Å². The maximum atomic E-state index is 11.3. The Bertz CT molecular complexity index is 594. The molecular weight excluding hydrogens is 222 g/mol. The van der Waals surface area contributed by atoms with E-state index in [1.807, 2.05) is 31.2 Å². The molecule has 1 heterocycles. The van der Waals surface area contributed by atoms with E-state index in [2.05, 4.69) is 4.98 Å². The topological polar surface area (TPSA) is 49.9 Å². The molecule has 0 aliphatic heterocycles. The zero-order valence-electron chi connectivity index (χ0n) is 9.19. The van der Waals surface area contributed by atoms with Crippen LogP contribution in [-0.4, -0.2) is 19.7 Å². The zero-order valence-corrected chi connectivity index (χ0v) is 10.0. The van der Waals surface area contributed by atoms with Crippen LogP contribution in [0.25, 0.3) is 11.3 Å². The fourth-order valence-electron chi connectivity index (χ4n) is 1.55. The average Bonchev–Trinajstić information content (AvgIpc) is 2.64. The van der Waals surface area contributed by atoms with E-state index in [4.69, 9.17) is 0 Å². The van der Waals surface area contributed by atoms with Crippen molar-refractivity contribution in [1.29, 1.82) is 0 Å². The van der Waals surface area contributed by atoms with Gasteiger partial charge < -0.3 is 4.98 Å². The Morgan fingerprint density at radius 2 is 1.62 bits per heavy atom.